The smallest absolute Gasteiger partial charge is 0.306 e. The predicted octanol–water partition coefficient (Wildman–Crippen LogP) is 19.5. The van der Waals surface area contributed by atoms with Gasteiger partial charge in [0.1, 0.15) is 19.8 Å². The maximum atomic E-state index is 12.8. The quantitative estimate of drug-likeness (QED) is 0.0195. The summed E-state index contributed by atoms with van der Waals surface area (Å²) < 4.78 is 34.2. The lowest BCUT2D eigenvalue weighted by atomic mass is 10.0. The van der Waals surface area contributed by atoms with E-state index < -0.39 is 32.5 Å². The second kappa shape index (κ2) is 58.3. The zero-order chi connectivity index (χ0) is 57.0. The highest BCUT2D eigenvalue weighted by atomic mass is 31.2. The van der Waals surface area contributed by atoms with Gasteiger partial charge in [0.25, 0.3) is 7.82 Å². The van der Waals surface area contributed by atoms with Crippen LogP contribution in [0.4, 0.5) is 0 Å². The van der Waals surface area contributed by atoms with E-state index in [-0.39, 0.29) is 26.1 Å². The molecular weight excluding hydrogens is 990 g/mol. The number of quaternary nitrogens is 1. The molecule has 0 spiro atoms. The van der Waals surface area contributed by atoms with E-state index in [9.17, 15) is 19.0 Å². The van der Waals surface area contributed by atoms with Crippen molar-refractivity contribution in [2.45, 2.75) is 264 Å². The van der Waals surface area contributed by atoms with Crippen molar-refractivity contribution in [3.8, 4) is 0 Å². The van der Waals surface area contributed by atoms with Gasteiger partial charge in [-0.05, 0) is 96.3 Å². The van der Waals surface area contributed by atoms with Crippen LogP contribution in [0.5, 0.6) is 0 Å². The van der Waals surface area contributed by atoms with Crippen molar-refractivity contribution in [1.82, 2.24) is 0 Å². The standard InChI is InChI=1S/C68H118NO8P/c1-6-8-10-12-14-16-18-20-22-24-26-27-28-29-30-31-32-33-34-35-36-37-38-39-40-41-43-44-46-48-50-52-54-56-58-60-67(70)74-64-66(65-76-78(72,73)75-63-62-69(3,4)5)77-68(71)61-59-57-55-53-51-49-47-45-42-25-23-21-19-17-15-13-11-9-7-2/h8-11,14-17,20-23,26-27,42,45,49,51,66H,6-7,12-13,18-19,24-25,28-41,43-44,46-48,50,52-65H2,1-5H3/b10-8-,11-9-,16-14-,17-15-,22-20-,23-21-,27-26-,45-42-,51-49-. The van der Waals surface area contributed by atoms with Crippen molar-refractivity contribution in [2.24, 2.45) is 0 Å². The number of phosphoric ester groups is 1. The molecule has 448 valence electrons. The number of unbranched alkanes of at least 4 members (excludes halogenated alkanes) is 25. The van der Waals surface area contributed by atoms with Crippen LogP contribution in [-0.2, 0) is 32.7 Å². The lowest BCUT2D eigenvalue weighted by Gasteiger charge is -2.28. The van der Waals surface area contributed by atoms with E-state index >= 15 is 0 Å². The fraction of sp³-hybridized carbons (Fsp3) is 0.706. The first kappa shape index (κ1) is 74.7. The first-order chi connectivity index (χ1) is 38.0. The third-order valence-corrected chi connectivity index (χ3v) is 14.3. The lowest BCUT2D eigenvalue weighted by molar-refractivity contribution is -0.870. The van der Waals surface area contributed by atoms with E-state index in [0.717, 1.165) is 96.3 Å². The average molecular weight is 1110 g/mol. The number of esters is 2. The van der Waals surface area contributed by atoms with Crippen LogP contribution in [0.1, 0.15) is 258 Å². The average Bonchev–Trinajstić information content (AvgIpc) is 3.41. The Hall–Kier alpha value is -3.33. The van der Waals surface area contributed by atoms with E-state index in [1.807, 2.05) is 21.1 Å². The Morgan fingerprint density at radius 2 is 0.692 bits per heavy atom. The highest BCUT2D eigenvalue weighted by Crippen LogP contribution is 2.38. The molecule has 0 amide bonds. The summed E-state index contributed by atoms with van der Waals surface area (Å²) in [6.07, 6.45) is 81.7. The number of carbonyl (C=O) groups excluding carboxylic acids is 2. The summed E-state index contributed by atoms with van der Waals surface area (Å²) in [4.78, 5) is 37.9. The minimum Gasteiger partial charge on any atom is -0.756 e. The summed E-state index contributed by atoms with van der Waals surface area (Å²) in [6, 6.07) is 0. The van der Waals surface area contributed by atoms with Crippen molar-refractivity contribution in [1.29, 1.82) is 0 Å². The Bertz CT molecular complexity index is 1680. The molecule has 0 saturated carbocycles. The maximum Gasteiger partial charge on any atom is 0.306 e. The van der Waals surface area contributed by atoms with Gasteiger partial charge in [-0.15, -0.1) is 0 Å². The molecule has 0 bridgehead atoms. The predicted molar refractivity (Wildman–Crippen MR) is 332 cm³/mol. The largest absolute Gasteiger partial charge is 0.756 e. The maximum absolute atomic E-state index is 12.8. The summed E-state index contributed by atoms with van der Waals surface area (Å²) in [5.74, 6) is -0.869. The minimum absolute atomic E-state index is 0.0413. The lowest BCUT2D eigenvalue weighted by Crippen LogP contribution is -2.37. The van der Waals surface area contributed by atoms with Gasteiger partial charge in [0.2, 0.25) is 0 Å². The number of phosphoric acid groups is 1. The van der Waals surface area contributed by atoms with Crippen molar-refractivity contribution in [3.63, 3.8) is 0 Å². The zero-order valence-electron chi connectivity index (χ0n) is 50.8. The second-order valence-electron chi connectivity index (χ2n) is 22.0. The van der Waals surface area contributed by atoms with Crippen LogP contribution in [0, 0.1) is 0 Å². The Balaban J connectivity index is 4.04. The topological polar surface area (TPSA) is 111 Å². The van der Waals surface area contributed by atoms with Crippen LogP contribution in [0.15, 0.2) is 109 Å². The van der Waals surface area contributed by atoms with Crippen LogP contribution < -0.4 is 4.89 Å². The Morgan fingerprint density at radius 3 is 1.04 bits per heavy atom. The van der Waals surface area contributed by atoms with Crippen LogP contribution >= 0.6 is 7.82 Å². The number of nitrogens with zero attached hydrogens (tertiary/aromatic N) is 1. The van der Waals surface area contributed by atoms with Gasteiger partial charge in [-0.1, -0.05) is 258 Å². The van der Waals surface area contributed by atoms with Crippen LogP contribution in [0.25, 0.3) is 0 Å². The molecular formula is C68H118NO8P. The van der Waals surface area contributed by atoms with Crippen molar-refractivity contribution in [2.75, 3.05) is 47.5 Å². The molecule has 0 aromatic heterocycles. The SMILES string of the molecule is CC/C=C\C/C=C\C/C=C\C/C=C\C/C=C\CCCCCC(=O)OC(COC(=O)CCCCCCCCCCCCCCCCCCCCCCCC/C=C\C/C=C\C/C=C\C/C=C\CC)COP(=O)([O-])OCC[N+](C)(C)C. The fourth-order valence-electron chi connectivity index (χ4n) is 8.50. The molecule has 0 N–H and O–H groups in total. The van der Waals surface area contributed by atoms with Crippen molar-refractivity contribution >= 4 is 19.8 Å². The number of allylic oxidation sites excluding steroid dienone is 18. The number of likely N-dealkylation sites (N-methyl/N-ethyl adjacent to an activating group) is 1. The molecule has 0 radical (unpaired) electrons. The number of hydrogen-bond acceptors (Lipinski definition) is 8. The number of carbonyl (C=O) groups is 2. The van der Waals surface area contributed by atoms with Crippen LogP contribution in [-0.4, -0.2) is 70.0 Å². The molecule has 0 aliphatic heterocycles. The number of ether oxygens (including phenoxy) is 2. The molecule has 2 unspecified atom stereocenters. The van der Waals surface area contributed by atoms with E-state index in [0.29, 0.717) is 17.4 Å². The van der Waals surface area contributed by atoms with E-state index in [1.54, 1.807) is 0 Å². The highest BCUT2D eigenvalue weighted by Gasteiger charge is 2.22. The molecule has 0 aromatic rings. The molecule has 2 atom stereocenters. The molecule has 0 saturated heterocycles. The molecule has 0 aromatic carbocycles. The molecule has 0 rings (SSSR count). The fourth-order valence-corrected chi connectivity index (χ4v) is 9.23. The third-order valence-electron chi connectivity index (χ3n) is 13.3. The van der Waals surface area contributed by atoms with Gasteiger partial charge < -0.3 is 27.9 Å². The van der Waals surface area contributed by atoms with Gasteiger partial charge in [0.15, 0.2) is 6.10 Å². The first-order valence-electron chi connectivity index (χ1n) is 31.6. The molecule has 78 heavy (non-hydrogen) atoms. The molecule has 0 heterocycles. The first-order valence-corrected chi connectivity index (χ1v) is 33.1. The second-order valence-corrected chi connectivity index (χ2v) is 23.4. The van der Waals surface area contributed by atoms with Crippen molar-refractivity contribution in [3.05, 3.63) is 109 Å². The summed E-state index contributed by atoms with van der Waals surface area (Å²) in [6.45, 7) is 3.98. The Morgan fingerprint density at radius 1 is 0.397 bits per heavy atom. The van der Waals surface area contributed by atoms with Gasteiger partial charge in [0.05, 0.1) is 27.7 Å². The van der Waals surface area contributed by atoms with E-state index in [1.165, 1.54) is 128 Å². The van der Waals surface area contributed by atoms with Gasteiger partial charge in [-0.25, -0.2) is 0 Å². The van der Waals surface area contributed by atoms with Crippen LogP contribution in [0.3, 0.4) is 0 Å². The summed E-state index contributed by atoms with van der Waals surface area (Å²) in [5.41, 5.74) is 0. The summed E-state index contributed by atoms with van der Waals surface area (Å²) in [5, 5.41) is 0. The highest BCUT2D eigenvalue weighted by molar-refractivity contribution is 7.45. The van der Waals surface area contributed by atoms with E-state index in [4.69, 9.17) is 18.5 Å². The minimum atomic E-state index is -4.65. The summed E-state index contributed by atoms with van der Waals surface area (Å²) >= 11 is 0. The number of hydrogen-bond donors (Lipinski definition) is 0. The molecule has 0 aliphatic rings. The molecule has 10 heteroatoms. The van der Waals surface area contributed by atoms with E-state index in [2.05, 4.69) is 123 Å². The Kier molecular flexibility index (Phi) is 55.8. The molecule has 0 fully saturated rings. The van der Waals surface area contributed by atoms with Gasteiger partial charge in [-0.2, -0.15) is 0 Å². The Labute approximate surface area is 480 Å². The van der Waals surface area contributed by atoms with Gasteiger partial charge in [-0.3, -0.25) is 14.2 Å². The molecule has 9 nitrogen and oxygen atoms in total. The van der Waals surface area contributed by atoms with Crippen LogP contribution in [0.2, 0.25) is 0 Å². The van der Waals surface area contributed by atoms with Crippen molar-refractivity contribution < 1.29 is 42.1 Å². The van der Waals surface area contributed by atoms with Gasteiger partial charge in [0, 0.05) is 12.8 Å². The zero-order valence-corrected chi connectivity index (χ0v) is 51.7. The third kappa shape index (κ3) is 61.9. The van der Waals surface area contributed by atoms with Gasteiger partial charge >= 0.3 is 11.9 Å². The number of rotatable bonds is 57. The summed E-state index contributed by atoms with van der Waals surface area (Å²) in [7, 11) is 1.14. The monoisotopic (exact) mass is 1110 g/mol. The normalized spacial score (nSPS) is 14.0. The molecule has 0 aliphatic carbocycles.